The number of anilines is 1. The first-order chi connectivity index (χ1) is 14.4. The van der Waals surface area contributed by atoms with E-state index in [-0.39, 0.29) is 30.4 Å². The lowest BCUT2D eigenvalue weighted by Crippen LogP contribution is -2.54. The smallest absolute Gasteiger partial charge is 0.303 e. The minimum Gasteiger partial charge on any atom is -0.481 e. The lowest BCUT2D eigenvalue weighted by atomic mass is 10.0. The second-order valence-corrected chi connectivity index (χ2v) is 7.55. The average molecular weight is 415 g/mol. The highest BCUT2D eigenvalue weighted by Crippen LogP contribution is 2.29. The number of fused-ring (bicyclic) bond motifs is 1. The van der Waals surface area contributed by atoms with Crippen LogP contribution in [0.1, 0.15) is 72.1 Å². The normalized spacial score (nSPS) is 18.4. The summed E-state index contributed by atoms with van der Waals surface area (Å²) in [6, 6.07) is 3.96. The van der Waals surface area contributed by atoms with Crippen LogP contribution in [0.15, 0.2) is 18.2 Å². The Kier molecular flexibility index (Phi) is 6.81. The predicted octanol–water partition coefficient (Wildman–Crippen LogP) is 1.92. The molecule has 3 N–H and O–H groups in total. The molecule has 0 aliphatic carbocycles. The third-order valence-electron chi connectivity index (χ3n) is 5.34. The summed E-state index contributed by atoms with van der Waals surface area (Å²) >= 11 is 0. The standard InChI is InChI=1S/C21H25N3O6/c25-17-10-9-16(19(28)23-17)24-20(29)14-8-7-13(12-15(14)21(24)30)22-11-5-3-1-2-4-6-18(26)27/h7-8,12,16,22H,1-6,9-11H2,(H,26,27)(H,23,25,28). The molecule has 0 radical (unpaired) electrons. The van der Waals surface area contributed by atoms with Crippen molar-refractivity contribution in [1.82, 2.24) is 10.2 Å². The monoisotopic (exact) mass is 415 g/mol. The van der Waals surface area contributed by atoms with Gasteiger partial charge in [-0.2, -0.15) is 0 Å². The molecule has 1 unspecified atom stereocenters. The zero-order chi connectivity index (χ0) is 21.7. The van der Waals surface area contributed by atoms with Gasteiger partial charge in [0.05, 0.1) is 11.1 Å². The van der Waals surface area contributed by atoms with Gasteiger partial charge in [0.15, 0.2) is 0 Å². The van der Waals surface area contributed by atoms with Crippen molar-refractivity contribution < 1.29 is 29.1 Å². The molecule has 3 rings (SSSR count). The molecular weight excluding hydrogens is 390 g/mol. The maximum atomic E-state index is 12.8. The Morgan fingerprint density at radius 2 is 1.73 bits per heavy atom. The number of carboxylic acid groups (broad SMARTS) is 1. The van der Waals surface area contributed by atoms with Gasteiger partial charge in [-0.25, -0.2) is 0 Å². The fraction of sp³-hybridized carbons (Fsp3) is 0.476. The summed E-state index contributed by atoms with van der Waals surface area (Å²) in [6.45, 7) is 0.691. The van der Waals surface area contributed by atoms with Crippen LogP contribution in [0.4, 0.5) is 5.69 Å². The highest BCUT2D eigenvalue weighted by atomic mass is 16.4. The minimum absolute atomic E-state index is 0.0902. The predicted molar refractivity (Wildman–Crippen MR) is 107 cm³/mol. The molecule has 2 heterocycles. The van der Waals surface area contributed by atoms with Crippen molar-refractivity contribution >= 4 is 35.3 Å². The SMILES string of the molecule is O=C(O)CCCCCCCNc1ccc2c(c1)C(=O)N(C1CCC(=O)NC1=O)C2=O. The van der Waals surface area contributed by atoms with Gasteiger partial charge < -0.3 is 10.4 Å². The number of carboxylic acids is 1. The number of carbonyl (C=O) groups is 5. The molecule has 1 aromatic carbocycles. The molecule has 1 fully saturated rings. The fourth-order valence-corrected chi connectivity index (χ4v) is 3.75. The number of benzene rings is 1. The van der Waals surface area contributed by atoms with Gasteiger partial charge in [0.2, 0.25) is 11.8 Å². The average Bonchev–Trinajstić information content (AvgIpc) is 2.94. The Labute approximate surface area is 173 Å². The van der Waals surface area contributed by atoms with Gasteiger partial charge in [0, 0.05) is 25.1 Å². The topological polar surface area (TPSA) is 133 Å². The van der Waals surface area contributed by atoms with Crippen LogP contribution in [0, 0.1) is 0 Å². The van der Waals surface area contributed by atoms with E-state index in [4.69, 9.17) is 5.11 Å². The van der Waals surface area contributed by atoms with Crippen molar-refractivity contribution in [2.24, 2.45) is 0 Å². The molecule has 1 aromatic rings. The zero-order valence-electron chi connectivity index (χ0n) is 16.6. The third kappa shape index (κ3) is 4.84. The van der Waals surface area contributed by atoms with Crippen LogP contribution in [-0.2, 0) is 14.4 Å². The fourth-order valence-electron chi connectivity index (χ4n) is 3.75. The summed E-state index contributed by atoms with van der Waals surface area (Å²) < 4.78 is 0. The van der Waals surface area contributed by atoms with E-state index in [9.17, 15) is 24.0 Å². The lowest BCUT2D eigenvalue weighted by molar-refractivity contribution is -0.138. The Hall–Kier alpha value is -3.23. The number of carbonyl (C=O) groups excluding carboxylic acids is 4. The Bertz CT molecular complexity index is 881. The molecule has 0 saturated carbocycles. The van der Waals surface area contributed by atoms with Gasteiger partial charge >= 0.3 is 5.97 Å². The van der Waals surface area contributed by atoms with E-state index in [2.05, 4.69) is 10.6 Å². The van der Waals surface area contributed by atoms with Crippen LogP contribution in [0.5, 0.6) is 0 Å². The van der Waals surface area contributed by atoms with Gasteiger partial charge in [-0.05, 0) is 37.5 Å². The second kappa shape index (κ2) is 9.51. The van der Waals surface area contributed by atoms with Crippen LogP contribution in [0.3, 0.4) is 0 Å². The molecule has 9 nitrogen and oxygen atoms in total. The number of nitrogens with zero attached hydrogens (tertiary/aromatic N) is 1. The number of nitrogens with one attached hydrogen (secondary N) is 2. The first-order valence-electron chi connectivity index (χ1n) is 10.2. The molecule has 1 saturated heterocycles. The van der Waals surface area contributed by atoms with Crippen LogP contribution >= 0.6 is 0 Å². The van der Waals surface area contributed by atoms with E-state index in [0.29, 0.717) is 18.7 Å². The van der Waals surface area contributed by atoms with Crippen LogP contribution in [0.2, 0.25) is 0 Å². The molecule has 0 aromatic heterocycles. The Balaban J connectivity index is 1.52. The molecule has 2 aliphatic rings. The molecule has 4 amide bonds. The summed E-state index contributed by atoms with van der Waals surface area (Å²) in [5.74, 6) is -2.83. The number of rotatable bonds is 10. The largest absolute Gasteiger partial charge is 0.481 e. The van der Waals surface area contributed by atoms with Crippen molar-refractivity contribution in [2.45, 2.75) is 57.4 Å². The van der Waals surface area contributed by atoms with Gasteiger partial charge in [-0.1, -0.05) is 19.3 Å². The van der Waals surface area contributed by atoms with Crippen LogP contribution < -0.4 is 10.6 Å². The van der Waals surface area contributed by atoms with Crippen molar-refractivity contribution in [3.05, 3.63) is 29.3 Å². The highest BCUT2D eigenvalue weighted by molar-refractivity contribution is 6.23. The summed E-state index contributed by atoms with van der Waals surface area (Å²) in [7, 11) is 0. The van der Waals surface area contributed by atoms with Gasteiger partial charge in [0.25, 0.3) is 11.8 Å². The van der Waals surface area contributed by atoms with Crippen LogP contribution in [-0.4, -0.2) is 52.2 Å². The zero-order valence-corrected chi connectivity index (χ0v) is 16.6. The summed E-state index contributed by atoms with van der Waals surface area (Å²) in [5, 5.41) is 14.0. The first kappa shape index (κ1) is 21.5. The van der Waals surface area contributed by atoms with Crippen molar-refractivity contribution in [1.29, 1.82) is 0 Å². The van der Waals surface area contributed by atoms with Crippen LogP contribution in [0.25, 0.3) is 0 Å². The van der Waals surface area contributed by atoms with E-state index in [1.807, 2.05) is 0 Å². The molecule has 160 valence electrons. The van der Waals surface area contributed by atoms with Gasteiger partial charge in [-0.15, -0.1) is 0 Å². The summed E-state index contributed by atoms with van der Waals surface area (Å²) in [6.07, 6.45) is 4.84. The molecule has 2 aliphatic heterocycles. The molecule has 0 spiro atoms. The number of aliphatic carboxylic acids is 1. The van der Waals surface area contributed by atoms with E-state index >= 15 is 0 Å². The number of piperidine rings is 1. The van der Waals surface area contributed by atoms with Crippen molar-refractivity contribution in [2.75, 3.05) is 11.9 Å². The minimum atomic E-state index is -0.965. The highest BCUT2D eigenvalue weighted by Gasteiger charge is 2.44. The molecule has 1 atom stereocenters. The number of unbranched alkanes of at least 4 members (excludes halogenated alkanes) is 4. The number of hydrogen-bond donors (Lipinski definition) is 3. The lowest BCUT2D eigenvalue weighted by Gasteiger charge is -2.27. The van der Waals surface area contributed by atoms with Crippen molar-refractivity contribution in [3.8, 4) is 0 Å². The number of amides is 4. The van der Waals surface area contributed by atoms with E-state index in [0.717, 1.165) is 30.6 Å². The van der Waals surface area contributed by atoms with Gasteiger partial charge in [0.1, 0.15) is 6.04 Å². The van der Waals surface area contributed by atoms with Crippen molar-refractivity contribution in [3.63, 3.8) is 0 Å². The number of hydrogen-bond acceptors (Lipinski definition) is 6. The Morgan fingerprint density at radius 3 is 2.47 bits per heavy atom. The van der Waals surface area contributed by atoms with E-state index < -0.39 is 35.6 Å². The quantitative estimate of drug-likeness (QED) is 0.393. The third-order valence-corrected chi connectivity index (χ3v) is 5.34. The summed E-state index contributed by atoms with van der Waals surface area (Å²) in [5.41, 5.74) is 1.22. The number of imide groups is 2. The second-order valence-electron chi connectivity index (χ2n) is 7.55. The first-order valence-corrected chi connectivity index (χ1v) is 10.2. The van der Waals surface area contributed by atoms with E-state index in [1.54, 1.807) is 18.2 Å². The Morgan fingerprint density at radius 1 is 1.03 bits per heavy atom. The van der Waals surface area contributed by atoms with Gasteiger partial charge in [-0.3, -0.25) is 34.2 Å². The molecule has 9 heteroatoms. The van der Waals surface area contributed by atoms with E-state index in [1.165, 1.54) is 0 Å². The maximum absolute atomic E-state index is 12.8. The molecule has 30 heavy (non-hydrogen) atoms. The maximum Gasteiger partial charge on any atom is 0.303 e. The molecule has 0 bridgehead atoms. The molecular formula is C21H25N3O6. The summed E-state index contributed by atoms with van der Waals surface area (Å²) in [4.78, 5) is 60.3.